The summed E-state index contributed by atoms with van der Waals surface area (Å²) in [4.78, 5) is 2.44. The smallest absolute Gasteiger partial charge is 0.119 e. The predicted octanol–water partition coefficient (Wildman–Crippen LogP) is 3.45. The van der Waals surface area contributed by atoms with E-state index in [1.165, 1.54) is 12.0 Å². The Morgan fingerprint density at radius 2 is 1.75 bits per heavy atom. The molecule has 2 N–H and O–H groups in total. The molecule has 0 aromatic heterocycles. The summed E-state index contributed by atoms with van der Waals surface area (Å²) in [5, 5.41) is 0. The van der Waals surface area contributed by atoms with Gasteiger partial charge in [0.15, 0.2) is 0 Å². The molecule has 3 nitrogen and oxygen atoms in total. The highest BCUT2D eigenvalue weighted by molar-refractivity contribution is 5.29. The minimum atomic E-state index is 0.0645. The van der Waals surface area contributed by atoms with Crippen LogP contribution in [0.3, 0.4) is 0 Å². The molecule has 0 bridgehead atoms. The maximum atomic E-state index is 6.33. The highest BCUT2D eigenvalue weighted by atomic mass is 16.5. The van der Waals surface area contributed by atoms with Crippen molar-refractivity contribution in [2.45, 2.75) is 40.2 Å². The Balaban J connectivity index is 2.57. The van der Waals surface area contributed by atoms with Crippen molar-refractivity contribution in [3.05, 3.63) is 29.8 Å². The molecule has 0 amide bonds. The zero-order chi connectivity index (χ0) is 15.0. The van der Waals surface area contributed by atoms with Crippen molar-refractivity contribution < 1.29 is 4.74 Å². The van der Waals surface area contributed by atoms with E-state index in [0.29, 0.717) is 6.61 Å². The lowest BCUT2D eigenvalue weighted by Gasteiger charge is -2.27. The van der Waals surface area contributed by atoms with Gasteiger partial charge in [-0.1, -0.05) is 39.3 Å². The summed E-state index contributed by atoms with van der Waals surface area (Å²) in [6.07, 6.45) is 1.22. The minimum Gasteiger partial charge on any atom is -0.494 e. The van der Waals surface area contributed by atoms with Gasteiger partial charge in [-0.3, -0.25) is 0 Å². The number of hydrogen-bond donors (Lipinski definition) is 1. The van der Waals surface area contributed by atoms with Crippen LogP contribution in [-0.2, 0) is 0 Å². The summed E-state index contributed by atoms with van der Waals surface area (Å²) in [5.41, 5.74) is 7.51. The standard InChI is InChI=1S/C17H30N2O/c1-5-14(4)12-19(6-2)13-17(18)15-8-10-16(11-9-15)20-7-3/h8-11,14,17H,5-7,12-13,18H2,1-4H3. The van der Waals surface area contributed by atoms with Crippen molar-refractivity contribution in [2.24, 2.45) is 11.7 Å². The summed E-state index contributed by atoms with van der Waals surface area (Å²) in [7, 11) is 0. The second kappa shape index (κ2) is 8.98. The number of hydrogen-bond acceptors (Lipinski definition) is 3. The molecule has 0 aliphatic rings. The second-order valence-electron chi connectivity index (χ2n) is 5.47. The van der Waals surface area contributed by atoms with E-state index in [0.717, 1.165) is 31.3 Å². The van der Waals surface area contributed by atoms with Crippen molar-refractivity contribution in [2.75, 3.05) is 26.2 Å². The Morgan fingerprint density at radius 3 is 2.25 bits per heavy atom. The van der Waals surface area contributed by atoms with Crippen molar-refractivity contribution in [3.8, 4) is 5.75 Å². The number of ether oxygens (including phenoxy) is 1. The van der Waals surface area contributed by atoms with Crippen LogP contribution in [0.25, 0.3) is 0 Å². The van der Waals surface area contributed by atoms with Crippen LogP contribution in [0.5, 0.6) is 5.75 Å². The Labute approximate surface area is 124 Å². The van der Waals surface area contributed by atoms with E-state index < -0.39 is 0 Å². The maximum Gasteiger partial charge on any atom is 0.119 e. The lowest BCUT2D eigenvalue weighted by Crippen LogP contribution is -2.35. The topological polar surface area (TPSA) is 38.5 Å². The molecule has 1 aromatic carbocycles. The van der Waals surface area contributed by atoms with Crippen LogP contribution in [0, 0.1) is 5.92 Å². The normalized spacial score (nSPS) is 14.3. The fourth-order valence-electron chi connectivity index (χ4n) is 2.26. The summed E-state index contributed by atoms with van der Waals surface area (Å²) in [5.74, 6) is 1.64. The molecule has 0 heterocycles. The van der Waals surface area contributed by atoms with Crippen LogP contribution in [0.1, 0.15) is 45.7 Å². The number of nitrogens with two attached hydrogens (primary N) is 1. The highest BCUT2D eigenvalue weighted by Crippen LogP contribution is 2.18. The third-order valence-corrected chi connectivity index (χ3v) is 3.79. The molecule has 20 heavy (non-hydrogen) atoms. The second-order valence-corrected chi connectivity index (χ2v) is 5.47. The molecule has 0 saturated carbocycles. The van der Waals surface area contributed by atoms with Gasteiger partial charge < -0.3 is 15.4 Å². The van der Waals surface area contributed by atoms with Crippen molar-refractivity contribution in [1.29, 1.82) is 0 Å². The molecular weight excluding hydrogens is 248 g/mol. The Bertz CT molecular complexity index is 364. The minimum absolute atomic E-state index is 0.0645. The Kier molecular flexibility index (Phi) is 7.63. The average Bonchev–Trinajstić information content (AvgIpc) is 2.47. The first-order chi connectivity index (χ1) is 9.60. The van der Waals surface area contributed by atoms with E-state index >= 15 is 0 Å². The van der Waals surface area contributed by atoms with Gasteiger partial charge in [-0.05, 0) is 37.1 Å². The van der Waals surface area contributed by atoms with Gasteiger partial charge in [0.2, 0.25) is 0 Å². The van der Waals surface area contributed by atoms with Crippen LogP contribution in [0.4, 0.5) is 0 Å². The monoisotopic (exact) mass is 278 g/mol. The maximum absolute atomic E-state index is 6.33. The molecule has 2 atom stereocenters. The Hall–Kier alpha value is -1.06. The van der Waals surface area contributed by atoms with E-state index in [1.807, 2.05) is 19.1 Å². The first-order valence-electron chi connectivity index (χ1n) is 7.81. The van der Waals surface area contributed by atoms with Gasteiger partial charge in [0, 0.05) is 19.1 Å². The van der Waals surface area contributed by atoms with Crippen molar-refractivity contribution >= 4 is 0 Å². The molecule has 3 heteroatoms. The van der Waals surface area contributed by atoms with Crippen LogP contribution in [0.15, 0.2) is 24.3 Å². The van der Waals surface area contributed by atoms with Gasteiger partial charge in [-0.15, -0.1) is 0 Å². The molecule has 0 aliphatic heterocycles. The van der Waals surface area contributed by atoms with Gasteiger partial charge in [-0.2, -0.15) is 0 Å². The summed E-state index contributed by atoms with van der Waals surface area (Å²) in [6, 6.07) is 8.22. The third kappa shape index (κ3) is 5.51. The molecular formula is C17H30N2O. The predicted molar refractivity (Wildman–Crippen MR) is 86.1 cm³/mol. The molecule has 0 saturated heterocycles. The van der Waals surface area contributed by atoms with Gasteiger partial charge in [0.05, 0.1) is 6.61 Å². The molecule has 1 aromatic rings. The largest absolute Gasteiger partial charge is 0.494 e. The van der Waals surface area contributed by atoms with E-state index in [2.05, 4.69) is 37.8 Å². The fourth-order valence-corrected chi connectivity index (χ4v) is 2.26. The highest BCUT2D eigenvalue weighted by Gasteiger charge is 2.13. The molecule has 2 unspecified atom stereocenters. The number of rotatable bonds is 9. The van der Waals surface area contributed by atoms with Crippen LogP contribution in [0.2, 0.25) is 0 Å². The van der Waals surface area contributed by atoms with E-state index in [9.17, 15) is 0 Å². The van der Waals surface area contributed by atoms with Crippen LogP contribution >= 0.6 is 0 Å². The number of nitrogens with zero attached hydrogens (tertiary/aromatic N) is 1. The first kappa shape index (κ1) is 17.0. The van der Waals surface area contributed by atoms with Gasteiger partial charge in [0.25, 0.3) is 0 Å². The summed E-state index contributed by atoms with van der Waals surface area (Å²) in [6.45, 7) is 12.5. The summed E-state index contributed by atoms with van der Waals surface area (Å²) >= 11 is 0. The van der Waals surface area contributed by atoms with E-state index in [-0.39, 0.29) is 6.04 Å². The number of likely N-dealkylation sites (N-methyl/N-ethyl adjacent to an activating group) is 1. The van der Waals surface area contributed by atoms with E-state index in [4.69, 9.17) is 10.5 Å². The Morgan fingerprint density at radius 1 is 1.10 bits per heavy atom. The molecule has 0 fully saturated rings. The average molecular weight is 278 g/mol. The van der Waals surface area contributed by atoms with E-state index in [1.54, 1.807) is 0 Å². The SMILES string of the molecule is CCOc1ccc(C(N)CN(CC)CC(C)CC)cc1. The van der Waals surface area contributed by atoms with Crippen molar-refractivity contribution in [1.82, 2.24) is 4.90 Å². The molecule has 0 aliphatic carbocycles. The molecule has 0 spiro atoms. The molecule has 0 radical (unpaired) electrons. The zero-order valence-corrected chi connectivity index (χ0v) is 13.4. The van der Waals surface area contributed by atoms with Crippen LogP contribution < -0.4 is 10.5 Å². The molecule has 1 rings (SSSR count). The van der Waals surface area contributed by atoms with Gasteiger partial charge in [0.1, 0.15) is 5.75 Å². The zero-order valence-electron chi connectivity index (χ0n) is 13.4. The van der Waals surface area contributed by atoms with Gasteiger partial charge in [-0.25, -0.2) is 0 Å². The first-order valence-corrected chi connectivity index (χ1v) is 7.81. The van der Waals surface area contributed by atoms with Crippen molar-refractivity contribution in [3.63, 3.8) is 0 Å². The quantitative estimate of drug-likeness (QED) is 0.752. The molecule has 114 valence electrons. The lowest BCUT2D eigenvalue weighted by molar-refractivity contribution is 0.232. The number of benzene rings is 1. The van der Waals surface area contributed by atoms with Crippen LogP contribution in [-0.4, -0.2) is 31.1 Å². The lowest BCUT2D eigenvalue weighted by atomic mass is 10.1. The fraction of sp³-hybridized carbons (Fsp3) is 0.647. The third-order valence-electron chi connectivity index (χ3n) is 3.79. The van der Waals surface area contributed by atoms with Gasteiger partial charge >= 0.3 is 0 Å². The summed E-state index contributed by atoms with van der Waals surface area (Å²) < 4.78 is 5.46.